The Bertz CT molecular complexity index is 667. The van der Waals surface area contributed by atoms with Gasteiger partial charge in [0.2, 0.25) is 5.91 Å². The molecule has 6 heteroatoms. The molecular weight excluding hydrogens is 292 g/mol. The molecule has 3 rings (SSSR count). The van der Waals surface area contributed by atoms with E-state index in [2.05, 4.69) is 15.3 Å². The molecule has 1 aliphatic rings. The molecule has 2 aromatic heterocycles. The van der Waals surface area contributed by atoms with Crippen LogP contribution >= 0.6 is 0 Å². The van der Waals surface area contributed by atoms with E-state index in [1.54, 1.807) is 18.7 Å². The predicted molar refractivity (Wildman–Crippen MR) is 86.0 cm³/mol. The topological polar surface area (TPSA) is 69.0 Å². The molecule has 0 saturated carbocycles. The molecule has 1 saturated heterocycles. The zero-order valence-corrected chi connectivity index (χ0v) is 13.5. The van der Waals surface area contributed by atoms with E-state index in [1.807, 2.05) is 36.7 Å². The molecule has 0 radical (unpaired) electrons. The van der Waals surface area contributed by atoms with Crippen LogP contribution in [0.25, 0.3) is 5.82 Å². The minimum absolute atomic E-state index is 0.00659. The van der Waals surface area contributed by atoms with Crippen molar-refractivity contribution in [1.29, 1.82) is 0 Å². The molecule has 2 aromatic rings. The largest absolute Gasteiger partial charge is 0.376 e. The molecule has 0 unspecified atom stereocenters. The van der Waals surface area contributed by atoms with Crippen molar-refractivity contribution >= 4 is 5.91 Å². The molecule has 1 atom stereocenters. The Hall–Kier alpha value is -2.21. The summed E-state index contributed by atoms with van der Waals surface area (Å²) in [5.74, 6) is 0.881. The van der Waals surface area contributed by atoms with Gasteiger partial charge in [-0.25, -0.2) is 9.97 Å². The van der Waals surface area contributed by atoms with Crippen LogP contribution in [0.5, 0.6) is 0 Å². The maximum Gasteiger partial charge on any atom is 0.223 e. The zero-order valence-electron chi connectivity index (χ0n) is 13.5. The third-order valence-electron chi connectivity index (χ3n) is 4.14. The van der Waals surface area contributed by atoms with Crippen LogP contribution in [0.3, 0.4) is 0 Å². The molecule has 0 bridgehead atoms. The van der Waals surface area contributed by atoms with Crippen molar-refractivity contribution < 1.29 is 9.53 Å². The van der Waals surface area contributed by atoms with Gasteiger partial charge in [-0.05, 0) is 32.8 Å². The maximum atomic E-state index is 12.5. The van der Waals surface area contributed by atoms with Crippen molar-refractivity contribution in [2.45, 2.75) is 38.8 Å². The molecule has 122 valence electrons. The number of hydrogen-bond acceptors (Lipinski definition) is 4. The Kier molecular flexibility index (Phi) is 4.43. The highest BCUT2D eigenvalue weighted by Gasteiger charge is 2.32. The van der Waals surface area contributed by atoms with Crippen molar-refractivity contribution in [3.05, 3.63) is 42.6 Å². The normalized spacial score (nSPS) is 20.2. The van der Waals surface area contributed by atoms with Crippen LogP contribution in [0.1, 0.15) is 32.3 Å². The number of aromatic nitrogens is 3. The van der Waals surface area contributed by atoms with Gasteiger partial charge in [0.25, 0.3) is 0 Å². The molecule has 1 aliphatic heterocycles. The van der Waals surface area contributed by atoms with Crippen molar-refractivity contribution in [1.82, 2.24) is 19.9 Å². The third kappa shape index (κ3) is 3.76. The summed E-state index contributed by atoms with van der Waals surface area (Å²) in [4.78, 5) is 20.9. The lowest BCUT2D eigenvalue weighted by atomic mass is 9.88. The smallest absolute Gasteiger partial charge is 0.223 e. The van der Waals surface area contributed by atoms with E-state index in [0.717, 1.165) is 24.2 Å². The molecule has 1 amide bonds. The molecule has 0 aromatic carbocycles. The van der Waals surface area contributed by atoms with E-state index in [1.165, 1.54) is 0 Å². The average Bonchev–Trinajstić information content (AvgIpc) is 3.06. The van der Waals surface area contributed by atoms with Crippen molar-refractivity contribution in [3.63, 3.8) is 0 Å². The Morgan fingerprint density at radius 3 is 3.09 bits per heavy atom. The van der Waals surface area contributed by atoms with Gasteiger partial charge in [0.15, 0.2) is 0 Å². The number of nitrogens with zero attached hydrogens (tertiary/aromatic N) is 3. The van der Waals surface area contributed by atoms with Crippen LogP contribution < -0.4 is 5.32 Å². The lowest BCUT2D eigenvalue weighted by molar-refractivity contribution is -0.135. The van der Waals surface area contributed by atoms with E-state index in [0.29, 0.717) is 13.2 Å². The highest BCUT2D eigenvalue weighted by atomic mass is 16.5. The van der Waals surface area contributed by atoms with E-state index in [4.69, 9.17) is 4.74 Å². The number of carbonyl (C=O) groups is 1. The molecule has 6 nitrogen and oxygen atoms in total. The highest BCUT2D eigenvalue weighted by molar-refractivity contribution is 5.78. The second-order valence-corrected chi connectivity index (χ2v) is 6.47. The molecule has 1 N–H and O–H groups in total. The van der Waals surface area contributed by atoms with Gasteiger partial charge < -0.3 is 10.1 Å². The van der Waals surface area contributed by atoms with Crippen LogP contribution in [0.15, 0.2) is 37.1 Å². The first kappa shape index (κ1) is 15.7. The predicted octanol–water partition coefficient (Wildman–Crippen LogP) is 2.09. The van der Waals surface area contributed by atoms with Crippen LogP contribution in [0.2, 0.25) is 0 Å². The van der Waals surface area contributed by atoms with E-state index in [-0.39, 0.29) is 17.4 Å². The molecule has 1 fully saturated rings. The first-order valence-corrected chi connectivity index (χ1v) is 7.89. The number of imidazole rings is 1. The fraction of sp³-hybridized carbons (Fsp3) is 0.471. The summed E-state index contributed by atoms with van der Waals surface area (Å²) in [7, 11) is 0. The monoisotopic (exact) mass is 314 g/mol. The Balaban J connectivity index is 1.66. The first-order chi connectivity index (χ1) is 11.1. The van der Waals surface area contributed by atoms with Crippen molar-refractivity contribution in [2.75, 3.05) is 6.61 Å². The number of amides is 1. The number of nitrogens with one attached hydrogen (secondary N) is 1. The van der Waals surface area contributed by atoms with Gasteiger partial charge in [-0.3, -0.25) is 9.36 Å². The third-order valence-corrected chi connectivity index (χ3v) is 4.14. The quantitative estimate of drug-likeness (QED) is 0.938. The minimum atomic E-state index is -0.226. The van der Waals surface area contributed by atoms with Crippen LogP contribution in [0, 0.1) is 5.92 Å². The summed E-state index contributed by atoms with van der Waals surface area (Å²) < 4.78 is 7.52. The van der Waals surface area contributed by atoms with Gasteiger partial charge in [-0.1, -0.05) is 6.07 Å². The second kappa shape index (κ2) is 6.50. The fourth-order valence-electron chi connectivity index (χ4n) is 2.97. The fourth-order valence-corrected chi connectivity index (χ4v) is 2.97. The van der Waals surface area contributed by atoms with Gasteiger partial charge in [0.05, 0.1) is 5.60 Å². The first-order valence-electron chi connectivity index (χ1n) is 7.89. The summed E-state index contributed by atoms with van der Waals surface area (Å²) in [6.07, 6.45) is 8.52. The molecular formula is C17H22N4O2. The maximum absolute atomic E-state index is 12.5. The van der Waals surface area contributed by atoms with Gasteiger partial charge in [-0.2, -0.15) is 0 Å². The minimum Gasteiger partial charge on any atom is -0.376 e. The number of hydrogen-bond donors (Lipinski definition) is 1. The number of rotatable bonds is 4. The summed E-state index contributed by atoms with van der Waals surface area (Å²) in [6.45, 7) is 5.16. The lowest BCUT2D eigenvalue weighted by Crippen LogP contribution is -2.41. The number of carbonyl (C=O) groups excluding carboxylic acids is 1. The zero-order chi connectivity index (χ0) is 16.3. The van der Waals surface area contributed by atoms with Crippen LogP contribution in [-0.4, -0.2) is 32.7 Å². The highest BCUT2D eigenvalue weighted by Crippen LogP contribution is 2.28. The summed E-state index contributed by atoms with van der Waals surface area (Å²) >= 11 is 0. The molecule has 0 aliphatic carbocycles. The van der Waals surface area contributed by atoms with Crippen molar-refractivity contribution in [2.24, 2.45) is 5.92 Å². The van der Waals surface area contributed by atoms with Gasteiger partial charge in [-0.15, -0.1) is 0 Å². The lowest BCUT2D eigenvalue weighted by Gasteiger charge is -2.34. The second-order valence-electron chi connectivity index (χ2n) is 6.47. The molecule has 3 heterocycles. The number of ether oxygens (including phenoxy) is 1. The standard InChI is InChI=1S/C17H22N4O2/c1-17(2)10-13(5-9-23-17)16(22)20-11-14-4-3-6-19-15(14)21-8-7-18-12-21/h3-4,6-8,12-13H,5,9-11H2,1-2H3,(H,20,22)/t13-/m0/s1. The Morgan fingerprint density at radius 2 is 2.35 bits per heavy atom. The Morgan fingerprint density at radius 1 is 1.48 bits per heavy atom. The SMILES string of the molecule is CC1(C)C[C@@H](C(=O)NCc2cccnc2-n2ccnc2)CCO1. The van der Waals surface area contributed by atoms with Crippen LogP contribution in [0.4, 0.5) is 0 Å². The van der Waals surface area contributed by atoms with Crippen LogP contribution in [-0.2, 0) is 16.1 Å². The summed E-state index contributed by atoms with van der Waals surface area (Å²) in [5, 5.41) is 3.04. The molecule has 0 spiro atoms. The van der Waals surface area contributed by atoms with Gasteiger partial charge in [0, 0.05) is 43.2 Å². The van der Waals surface area contributed by atoms with E-state index >= 15 is 0 Å². The Labute approximate surface area is 135 Å². The number of pyridine rings is 1. The van der Waals surface area contributed by atoms with Gasteiger partial charge >= 0.3 is 0 Å². The summed E-state index contributed by atoms with van der Waals surface area (Å²) in [6, 6.07) is 3.84. The van der Waals surface area contributed by atoms with E-state index < -0.39 is 0 Å². The van der Waals surface area contributed by atoms with Crippen molar-refractivity contribution in [3.8, 4) is 5.82 Å². The van der Waals surface area contributed by atoms with Gasteiger partial charge in [0.1, 0.15) is 12.1 Å². The van der Waals surface area contributed by atoms with E-state index in [9.17, 15) is 4.79 Å². The average molecular weight is 314 g/mol. The molecule has 23 heavy (non-hydrogen) atoms. The summed E-state index contributed by atoms with van der Waals surface area (Å²) in [5.41, 5.74) is 0.737.